The predicted molar refractivity (Wildman–Crippen MR) is 67.4 cm³/mol. The molecule has 0 saturated carbocycles. The molecule has 0 aromatic carbocycles. The van der Waals surface area contributed by atoms with Crippen molar-refractivity contribution in [1.29, 1.82) is 0 Å². The molecule has 4 heteroatoms. The highest BCUT2D eigenvalue weighted by molar-refractivity contribution is 5.13. The SMILES string of the molecule is CC(N[C@@H](C)c1cccnc1)c1nccn1C. The molecule has 1 unspecified atom stereocenters. The van der Waals surface area contributed by atoms with Gasteiger partial charge in [-0.2, -0.15) is 0 Å². The summed E-state index contributed by atoms with van der Waals surface area (Å²) in [5.74, 6) is 1.04. The molecule has 90 valence electrons. The summed E-state index contributed by atoms with van der Waals surface area (Å²) in [6.45, 7) is 4.26. The highest BCUT2D eigenvalue weighted by Gasteiger charge is 2.13. The minimum absolute atomic E-state index is 0.213. The number of pyridine rings is 1. The number of nitrogens with one attached hydrogen (secondary N) is 1. The second kappa shape index (κ2) is 5.10. The van der Waals surface area contributed by atoms with Gasteiger partial charge in [-0.1, -0.05) is 6.07 Å². The van der Waals surface area contributed by atoms with Gasteiger partial charge in [-0.3, -0.25) is 4.98 Å². The molecule has 2 aromatic rings. The predicted octanol–water partition coefficient (Wildman–Crippen LogP) is 2.23. The molecule has 1 N–H and O–H groups in total. The summed E-state index contributed by atoms with van der Waals surface area (Å²) in [6, 6.07) is 4.51. The van der Waals surface area contributed by atoms with Crippen molar-refractivity contribution < 1.29 is 0 Å². The Labute approximate surface area is 102 Å². The van der Waals surface area contributed by atoms with Crippen molar-refractivity contribution >= 4 is 0 Å². The van der Waals surface area contributed by atoms with E-state index in [1.807, 2.05) is 36.3 Å². The normalized spacial score (nSPS) is 14.5. The lowest BCUT2D eigenvalue weighted by atomic mass is 10.1. The number of aryl methyl sites for hydroxylation is 1. The van der Waals surface area contributed by atoms with Gasteiger partial charge in [0.15, 0.2) is 0 Å². The van der Waals surface area contributed by atoms with Gasteiger partial charge >= 0.3 is 0 Å². The fourth-order valence-corrected chi connectivity index (χ4v) is 1.97. The summed E-state index contributed by atoms with van der Waals surface area (Å²) in [5.41, 5.74) is 1.19. The van der Waals surface area contributed by atoms with E-state index in [9.17, 15) is 0 Å². The van der Waals surface area contributed by atoms with Crippen molar-refractivity contribution in [3.63, 3.8) is 0 Å². The van der Waals surface area contributed by atoms with Gasteiger partial charge < -0.3 is 9.88 Å². The first kappa shape index (κ1) is 11.8. The average molecular weight is 230 g/mol. The topological polar surface area (TPSA) is 42.7 Å². The van der Waals surface area contributed by atoms with Crippen molar-refractivity contribution in [2.75, 3.05) is 0 Å². The zero-order valence-electron chi connectivity index (χ0n) is 10.5. The fraction of sp³-hybridized carbons (Fsp3) is 0.385. The van der Waals surface area contributed by atoms with Gasteiger partial charge in [-0.25, -0.2) is 4.98 Å². The maximum atomic E-state index is 4.35. The third kappa shape index (κ3) is 2.71. The molecule has 0 aliphatic rings. The van der Waals surface area contributed by atoms with Gasteiger partial charge in [-0.15, -0.1) is 0 Å². The average Bonchev–Trinajstić information content (AvgIpc) is 2.76. The standard InChI is InChI=1S/C13H18N4/c1-10(12-5-4-6-14-9-12)16-11(2)13-15-7-8-17(13)3/h4-11,16H,1-3H3/t10-,11?/m0/s1. The van der Waals surface area contributed by atoms with Crippen molar-refractivity contribution in [3.8, 4) is 0 Å². The number of hydrogen-bond acceptors (Lipinski definition) is 3. The van der Waals surface area contributed by atoms with Crippen LogP contribution in [0.2, 0.25) is 0 Å². The third-order valence-corrected chi connectivity index (χ3v) is 2.93. The molecule has 0 fully saturated rings. The molecule has 0 saturated heterocycles. The molecule has 0 amide bonds. The summed E-state index contributed by atoms with van der Waals surface area (Å²) in [7, 11) is 2.01. The lowest BCUT2D eigenvalue weighted by molar-refractivity contribution is 0.466. The molecule has 0 aliphatic carbocycles. The van der Waals surface area contributed by atoms with Crippen molar-refractivity contribution in [2.45, 2.75) is 25.9 Å². The zero-order chi connectivity index (χ0) is 12.3. The van der Waals surface area contributed by atoms with Crippen LogP contribution in [-0.4, -0.2) is 14.5 Å². The van der Waals surface area contributed by atoms with Crippen LogP contribution in [0.3, 0.4) is 0 Å². The van der Waals surface area contributed by atoms with Gasteiger partial charge in [0, 0.05) is 37.9 Å². The fourth-order valence-electron chi connectivity index (χ4n) is 1.97. The Morgan fingerprint density at radius 2 is 2.06 bits per heavy atom. The van der Waals surface area contributed by atoms with Crippen molar-refractivity contribution in [1.82, 2.24) is 19.9 Å². The Bertz CT molecular complexity index is 463. The van der Waals surface area contributed by atoms with E-state index in [1.165, 1.54) is 5.56 Å². The minimum Gasteiger partial charge on any atom is -0.337 e. The van der Waals surface area contributed by atoms with Gasteiger partial charge in [0.25, 0.3) is 0 Å². The third-order valence-electron chi connectivity index (χ3n) is 2.93. The van der Waals surface area contributed by atoms with Crippen LogP contribution in [0.15, 0.2) is 36.9 Å². The van der Waals surface area contributed by atoms with Crippen LogP contribution >= 0.6 is 0 Å². The Hall–Kier alpha value is -1.68. The van der Waals surface area contributed by atoms with E-state index in [4.69, 9.17) is 0 Å². The van der Waals surface area contributed by atoms with Crippen LogP contribution in [0.1, 0.15) is 37.3 Å². The minimum atomic E-state index is 0.213. The largest absolute Gasteiger partial charge is 0.337 e. The summed E-state index contributed by atoms with van der Waals surface area (Å²) in [6.07, 6.45) is 7.46. The van der Waals surface area contributed by atoms with E-state index >= 15 is 0 Å². The molecule has 4 nitrogen and oxygen atoms in total. The molecule has 2 aromatic heterocycles. The number of rotatable bonds is 4. The molecule has 2 atom stereocenters. The van der Waals surface area contributed by atoms with Crippen molar-refractivity contribution in [3.05, 3.63) is 48.3 Å². The van der Waals surface area contributed by atoms with Crippen LogP contribution in [-0.2, 0) is 7.05 Å². The lowest BCUT2D eigenvalue weighted by Crippen LogP contribution is -2.24. The second-order valence-corrected chi connectivity index (χ2v) is 4.29. The number of aromatic nitrogens is 3. The molecule has 0 radical (unpaired) electrons. The summed E-state index contributed by atoms with van der Waals surface area (Å²) < 4.78 is 2.04. The van der Waals surface area contributed by atoms with Crippen LogP contribution in [0, 0.1) is 0 Å². The molecule has 17 heavy (non-hydrogen) atoms. The smallest absolute Gasteiger partial charge is 0.125 e. The van der Waals surface area contributed by atoms with E-state index < -0.39 is 0 Å². The van der Waals surface area contributed by atoms with Gasteiger partial charge in [0.2, 0.25) is 0 Å². The molecular weight excluding hydrogens is 212 g/mol. The monoisotopic (exact) mass is 230 g/mol. The summed E-state index contributed by atoms with van der Waals surface area (Å²) >= 11 is 0. The Balaban J connectivity index is 2.05. The van der Waals surface area contributed by atoms with E-state index in [0.29, 0.717) is 0 Å². The lowest BCUT2D eigenvalue weighted by Gasteiger charge is -2.19. The first-order valence-corrected chi connectivity index (χ1v) is 5.81. The summed E-state index contributed by atoms with van der Waals surface area (Å²) in [4.78, 5) is 8.48. The Morgan fingerprint density at radius 3 is 2.65 bits per heavy atom. The van der Waals surface area contributed by atoms with Gasteiger partial charge in [0.05, 0.1) is 6.04 Å². The highest BCUT2D eigenvalue weighted by atomic mass is 15.1. The summed E-state index contributed by atoms with van der Waals surface area (Å²) in [5, 5.41) is 3.52. The molecule has 2 heterocycles. The number of hydrogen-bond donors (Lipinski definition) is 1. The van der Waals surface area contributed by atoms with E-state index in [0.717, 1.165) is 5.82 Å². The van der Waals surface area contributed by atoms with Gasteiger partial charge in [-0.05, 0) is 25.5 Å². The van der Waals surface area contributed by atoms with E-state index in [2.05, 4.69) is 35.2 Å². The number of imidazole rings is 1. The first-order valence-electron chi connectivity index (χ1n) is 5.81. The molecule has 2 rings (SSSR count). The second-order valence-electron chi connectivity index (χ2n) is 4.29. The van der Waals surface area contributed by atoms with Crippen LogP contribution in [0.4, 0.5) is 0 Å². The van der Waals surface area contributed by atoms with Crippen molar-refractivity contribution in [2.24, 2.45) is 7.05 Å². The maximum absolute atomic E-state index is 4.35. The Kier molecular flexibility index (Phi) is 3.54. The molecule has 0 aliphatic heterocycles. The molecule has 0 spiro atoms. The highest BCUT2D eigenvalue weighted by Crippen LogP contribution is 2.16. The van der Waals surface area contributed by atoms with Crippen LogP contribution in [0.25, 0.3) is 0 Å². The molecule has 0 bridgehead atoms. The molecular formula is C13H18N4. The van der Waals surface area contributed by atoms with E-state index in [1.54, 1.807) is 6.20 Å². The van der Waals surface area contributed by atoms with Crippen LogP contribution in [0.5, 0.6) is 0 Å². The Morgan fingerprint density at radius 1 is 1.24 bits per heavy atom. The quantitative estimate of drug-likeness (QED) is 0.875. The number of nitrogens with zero attached hydrogens (tertiary/aromatic N) is 3. The zero-order valence-corrected chi connectivity index (χ0v) is 10.5. The van der Waals surface area contributed by atoms with Crippen LogP contribution < -0.4 is 5.32 Å². The van der Waals surface area contributed by atoms with E-state index in [-0.39, 0.29) is 12.1 Å². The first-order chi connectivity index (χ1) is 8.18. The maximum Gasteiger partial charge on any atom is 0.125 e. The van der Waals surface area contributed by atoms with Gasteiger partial charge in [0.1, 0.15) is 5.82 Å².